The Morgan fingerprint density at radius 3 is 2.22 bits per heavy atom. The van der Waals surface area contributed by atoms with Crippen LogP contribution in [0.1, 0.15) is 32.1 Å². The molecule has 2 heterocycles. The van der Waals surface area contributed by atoms with Gasteiger partial charge >= 0.3 is 0 Å². The number of hydrogen-bond acceptors (Lipinski definition) is 4. The fourth-order valence-electron chi connectivity index (χ4n) is 3.25. The summed E-state index contributed by atoms with van der Waals surface area (Å²) in [6, 6.07) is 0. The molecule has 0 unspecified atom stereocenters. The van der Waals surface area contributed by atoms with Gasteiger partial charge in [-0.15, -0.1) is 0 Å². The first-order chi connectivity index (χ1) is 11.4. The molecule has 0 aromatic heterocycles. The highest BCUT2D eigenvalue weighted by Gasteiger charge is 2.10. The van der Waals surface area contributed by atoms with Crippen LogP contribution in [0.5, 0.6) is 0 Å². The van der Waals surface area contributed by atoms with E-state index in [-0.39, 0.29) is 0 Å². The molecular weight excluding hydrogens is 290 g/mol. The number of nitrogens with zero attached hydrogens (tertiary/aromatic N) is 3. The van der Waals surface area contributed by atoms with Crippen molar-refractivity contribution < 1.29 is 4.74 Å². The summed E-state index contributed by atoms with van der Waals surface area (Å²) >= 11 is 0. The monoisotopic (exact) mass is 325 g/mol. The van der Waals surface area contributed by atoms with Gasteiger partial charge in [0.15, 0.2) is 5.96 Å². The molecule has 2 aliphatic heterocycles. The minimum atomic E-state index is 0.865. The molecule has 23 heavy (non-hydrogen) atoms. The molecule has 6 nitrogen and oxygen atoms in total. The quantitative estimate of drug-likeness (QED) is 0.411. The van der Waals surface area contributed by atoms with Crippen LogP contribution >= 0.6 is 0 Å². The fourth-order valence-corrected chi connectivity index (χ4v) is 3.25. The largest absolute Gasteiger partial charge is 0.379 e. The molecule has 6 heteroatoms. The number of nitrogens with one attached hydrogen (secondary N) is 2. The summed E-state index contributed by atoms with van der Waals surface area (Å²) in [6.45, 7) is 10.6. The van der Waals surface area contributed by atoms with E-state index in [2.05, 4.69) is 25.4 Å². The van der Waals surface area contributed by atoms with E-state index < -0.39 is 0 Å². The molecule has 134 valence electrons. The fraction of sp³-hybridized carbons (Fsp3) is 0.941. The molecule has 0 atom stereocenters. The van der Waals surface area contributed by atoms with Crippen LogP contribution in [0.3, 0.4) is 0 Å². The molecule has 0 spiro atoms. The van der Waals surface area contributed by atoms with E-state index in [0.717, 1.165) is 51.9 Å². The van der Waals surface area contributed by atoms with E-state index in [9.17, 15) is 0 Å². The van der Waals surface area contributed by atoms with Crippen molar-refractivity contribution in [1.82, 2.24) is 20.4 Å². The van der Waals surface area contributed by atoms with Crippen molar-refractivity contribution in [2.45, 2.75) is 32.1 Å². The van der Waals surface area contributed by atoms with Gasteiger partial charge in [0.25, 0.3) is 0 Å². The van der Waals surface area contributed by atoms with Crippen LogP contribution in [0.4, 0.5) is 0 Å². The maximum Gasteiger partial charge on any atom is 0.191 e. The Morgan fingerprint density at radius 2 is 1.52 bits per heavy atom. The lowest BCUT2D eigenvalue weighted by molar-refractivity contribution is 0.0389. The van der Waals surface area contributed by atoms with Gasteiger partial charge in [-0.05, 0) is 38.9 Å². The van der Waals surface area contributed by atoms with Gasteiger partial charge in [-0.1, -0.05) is 12.8 Å². The zero-order chi connectivity index (χ0) is 16.2. The first-order valence-corrected chi connectivity index (χ1v) is 9.35. The third kappa shape index (κ3) is 7.99. The van der Waals surface area contributed by atoms with Crippen molar-refractivity contribution in [2.24, 2.45) is 4.99 Å². The second-order valence-corrected chi connectivity index (χ2v) is 6.49. The molecular formula is C17H35N5O. The predicted octanol–water partition coefficient (Wildman–Crippen LogP) is 0.750. The Kier molecular flexibility index (Phi) is 9.36. The summed E-state index contributed by atoms with van der Waals surface area (Å²) in [7, 11) is 1.85. The first kappa shape index (κ1) is 18.5. The third-order valence-corrected chi connectivity index (χ3v) is 4.69. The average molecular weight is 326 g/mol. The lowest BCUT2D eigenvalue weighted by Crippen LogP contribution is -2.44. The maximum absolute atomic E-state index is 5.37. The Bertz CT molecular complexity index is 323. The molecule has 2 saturated heterocycles. The summed E-state index contributed by atoms with van der Waals surface area (Å²) in [4.78, 5) is 9.36. The van der Waals surface area contributed by atoms with Gasteiger partial charge in [-0.3, -0.25) is 9.89 Å². The van der Waals surface area contributed by atoms with Crippen LogP contribution < -0.4 is 10.6 Å². The lowest BCUT2D eigenvalue weighted by atomic mass is 10.2. The molecule has 0 aromatic rings. The van der Waals surface area contributed by atoms with Crippen molar-refractivity contribution in [3.8, 4) is 0 Å². The van der Waals surface area contributed by atoms with Gasteiger partial charge in [-0.25, -0.2) is 0 Å². The Hall–Kier alpha value is -0.850. The van der Waals surface area contributed by atoms with Crippen LogP contribution in [0.25, 0.3) is 0 Å². The molecule has 0 aliphatic carbocycles. The zero-order valence-corrected chi connectivity index (χ0v) is 14.9. The van der Waals surface area contributed by atoms with E-state index >= 15 is 0 Å². The number of ether oxygens (including phenoxy) is 1. The van der Waals surface area contributed by atoms with Crippen LogP contribution in [0, 0.1) is 0 Å². The van der Waals surface area contributed by atoms with Crippen molar-refractivity contribution in [2.75, 3.05) is 72.6 Å². The second-order valence-electron chi connectivity index (χ2n) is 6.49. The van der Waals surface area contributed by atoms with Crippen molar-refractivity contribution in [1.29, 1.82) is 0 Å². The predicted molar refractivity (Wildman–Crippen MR) is 96.1 cm³/mol. The van der Waals surface area contributed by atoms with E-state index in [1.165, 1.54) is 51.7 Å². The standard InChI is InChI=1S/C17H35N5O/c1-18-17(20-8-12-22-13-15-23-16-14-22)19-7-6-11-21-9-4-2-3-5-10-21/h2-16H2,1H3,(H2,18,19,20). The average Bonchev–Trinajstić information content (AvgIpc) is 2.87. The summed E-state index contributed by atoms with van der Waals surface area (Å²) in [5, 5.41) is 6.84. The number of hydrogen-bond donors (Lipinski definition) is 2. The van der Waals surface area contributed by atoms with Gasteiger partial charge in [0.2, 0.25) is 0 Å². The normalized spacial score (nSPS) is 21.9. The number of likely N-dealkylation sites (tertiary alicyclic amines) is 1. The third-order valence-electron chi connectivity index (χ3n) is 4.69. The van der Waals surface area contributed by atoms with Gasteiger partial charge < -0.3 is 20.3 Å². The molecule has 0 bridgehead atoms. The topological polar surface area (TPSA) is 52.1 Å². The maximum atomic E-state index is 5.37. The smallest absolute Gasteiger partial charge is 0.191 e. The van der Waals surface area contributed by atoms with Crippen molar-refractivity contribution in [3.05, 3.63) is 0 Å². The Labute approximate surface area is 141 Å². The molecule has 2 fully saturated rings. The van der Waals surface area contributed by atoms with Crippen molar-refractivity contribution >= 4 is 5.96 Å². The second kappa shape index (κ2) is 11.6. The zero-order valence-electron chi connectivity index (χ0n) is 14.9. The number of morpholine rings is 1. The number of aliphatic imine (C=N–C) groups is 1. The molecule has 0 amide bonds. The summed E-state index contributed by atoms with van der Waals surface area (Å²) in [5.74, 6) is 0.925. The minimum Gasteiger partial charge on any atom is -0.379 e. The first-order valence-electron chi connectivity index (χ1n) is 9.35. The molecule has 0 saturated carbocycles. The van der Waals surface area contributed by atoms with Gasteiger partial charge in [0.1, 0.15) is 0 Å². The highest BCUT2D eigenvalue weighted by Crippen LogP contribution is 2.09. The van der Waals surface area contributed by atoms with Gasteiger partial charge in [-0.2, -0.15) is 0 Å². The molecule has 0 radical (unpaired) electrons. The van der Waals surface area contributed by atoms with Crippen LogP contribution in [0.15, 0.2) is 4.99 Å². The highest BCUT2D eigenvalue weighted by molar-refractivity contribution is 5.79. The summed E-state index contributed by atoms with van der Waals surface area (Å²) < 4.78 is 5.37. The molecule has 0 aromatic carbocycles. The van der Waals surface area contributed by atoms with Crippen LogP contribution in [0.2, 0.25) is 0 Å². The summed E-state index contributed by atoms with van der Waals surface area (Å²) in [5.41, 5.74) is 0. The lowest BCUT2D eigenvalue weighted by Gasteiger charge is -2.26. The SMILES string of the molecule is CN=C(NCCCN1CCCCCC1)NCCN1CCOCC1. The number of rotatable bonds is 7. The Morgan fingerprint density at radius 1 is 0.870 bits per heavy atom. The molecule has 2 N–H and O–H groups in total. The van der Waals surface area contributed by atoms with Crippen LogP contribution in [-0.4, -0.2) is 88.4 Å². The molecule has 2 rings (SSSR count). The van der Waals surface area contributed by atoms with E-state index in [4.69, 9.17) is 4.74 Å². The van der Waals surface area contributed by atoms with Gasteiger partial charge in [0.05, 0.1) is 13.2 Å². The van der Waals surface area contributed by atoms with Crippen LogP contribution in [-0.2, 0) is 4.74 Å². The van der Waals surface area contributed by atoms with Crippen molar-refractivity contribution in [3.63, 3.8) is 0 Å². The molecule has 2 aliphatic rings. The van der Waals surface area contributed by atoms with E-state index in [1.54, 1.807) is 0 Å². The van der Waals surface area contributed by atoms with E-state index in [1.807, 2.05) is 7.05 Å². The van der Waals surface area contributed by atoms with E-state index in [0.29, 0.717) is 0 Å². The minimum absolute atomic E-state index is 0.865. The number of guanidine groups is 1. The van der Waals surface area contributed by atoms with Gasteiger partial charge in [0, 0.05) is 39.8 Å². The summed E-state index contributed by atoms with van der Waals surface area (Å²) in [6.07, 6.45) is 6.75. The highest BCUT2D eigenvalue weighted by atomic mass is 16.5. The Balaban J connectivity index is 1.50.